The predicted molar refractivity (Wildman–Crippen MR) is 102 cm³/mol. The van der Waals surface area contributed by atoms with E-state index in [4.69, 9.17) is 4.74 Å². The monoisotopic (exact) mass is 428 g/mol. The molecule has 1 aliphatic heterocycles. The van der Waals surface area contributed by atoms with Crippen molar-refractivity contribution in [1.29, 1.82) is 0 Å². The van der Waals surface area contributed by atoms with E-state index < -0.39 is 6.10 Å². The third-order valence-corrected chi connectivity index (χ3v) is 4.63. The Morgan fingerprint density at radius 3 is 2.96 bits per heavy atom. The lowest BCUT2D eigenvalue weighted by atomic mass is 10.1. The number of rotatable bonds is 4. The van der Waals surface area contributed by atoms with Crippen LogP contribution in [0.4, 0.5) is 0 Å². The number of carbonyl (C=O) groups excluding carboxylic acids is 1. The molecule has 25 heavy (non-hydrogen) atoms. The summed E-state index contributed by atoms with van der Waals surface area (Å²) in [6.07, 6.45) is 3.10. The van der Waals surface area contributed by atoms with Crippen molar-refractivity contribution in [3.05, 3.63) is 47.0 Å². The summed E-state index contributed by atoms with van der Waals surface area (Å²) in [4.78, 5) is 19.2. The molecule has 0 radical (unpaired) electrons. The zero-order chi connectivity index (χ0) is 17.1. The number of nitrogens with zero attached hydrogens (tertiary/aromatic N) is 3. The van der Waals surface area contributed by atoms with Crippen molar-refractivity contribution in [3.8, 4) is 5.75 Å². The fourth-order valence-corrected chi connectivity index (χ4v) is 3.30. The quantitative estimate of drug-likeness (QED) is 0.811. The number of carbonyl (C=O) groups is 1. The molecule has 0 spiro atoms. The van der Waals surface area contributed by atoms with Gasteiger partial charge >= 0.3 is 0 Å². The van der Waals surface area contributed by atoms with Gasteiger partial charge < -0.3 is 19.5 Å². The molecule has 0 saturated carbocycles. The van der Waals surface area contributed by atoms with Crippen molar-refractivity contribution >= 4 is 34.2 Å². The Hall–Kier alpha value is -1.57. The van der Waals surface area contributed by atoms with E-state index in [1.807, 2.05) is 47.0 Å². The first-order valence-electron chi connectivity index (χ1n) is 7.97. The minimum Gasteiger partial charge on any atom is -0.481 e. The molecule has 8 heteroatoms. The molecule has 6 nitrogen and oxygen atoms in total. The third kappa shape index (κ3) is 4.54. The molecule has 3 rings (SSSR count). The standard InChI is InChI=1S/C17H21BrN4O2.ClH/c1-12(24-14-5-3-4-13(18)10-14)17(23)22-9-6-19-11-15(22)16-20-7-8-21(16)2;/h3-5,7-8,10,12,15,19H,6,9,11H2,1-2H3;1H. The van der Waals surface area contributed by atoms with E-state index >= 15 is 0 Å². The number of halogens is 2. The van der Waals surface area contributed by atoms with Crippen LogP contribution >= 0.6 is 28.3 Å². The number of imidazole rings is 1. The minimum atomic E-state index is -0.555. The van der Waals surface area contributed by atoms with Gasteiger partial charge in [-0.05, 0) is 25.1 Å². The van der Waals surface area contributed by atoms with E-state index in [1.54, 1.807) is 13.1 Å². The largest absolute Gasteiger partial charge is 0.481 e. The van der Waals surface area contributed by atoms with Gasteiger partial charge in [-0.3, -0.25) is 4.79 Å². The Morgan fingerprint density at radius 1 is 1.48 bits per heavy atom. The highest BCUT2D eigenvalue weighted by atomic mass is 79.9. The number of nitrogens with one attached hydrogen (secondary N) is 1. The van der Waals surface area contributed by atoms with Crippen molar-refractivity contribution in [2.75, 3.05) is 19.6 Å². The number of hydrogen-bond donors (Lipinski definition) is 1. The van der Waals surface area contributed by atoms with E-state index in [-0.39, 0.29) is 24.4 Å². The summed E-state index contributed by atoms with van der Waals surface area (Å²) in [5.74, 6) is 1.53. The first kappa shape index (κ1) is 19.8. The maximum atomic E-state index is 12.9. The third-order valence-electron chi connectivity index (χ3n) is 4.14. The molecule has 136 valence electrons. The second-order valence-electron chi connectivity index (χ2n) is 5.87. The molecule has 1 aromatic heterocycles. The molecule has 1 aliphatic rings. The van der Waals surface area contributed by atoms with Crippen LogP contribution in [0.1, 0.15) is 18.8 Å². The van der Waals surface area contributed by atoms with Gasteiger partial charge in [0.15, 0.2) is 6.10 Å². The highest BCUT2D eigenvalue weighted by molar-refractivity contribution is 9.10. The molecule has 1 aromatic carbocycles. The summed E-state index contributed by atoms with van der Waals surface area (Å²) >= 11 is 3.41. The van der Waals surface area contributed by atoms with E-state index in [9.17, 15) is 4.79 Å². The Labute approximate surface area is 162 Å². The SMILES string of the molecule is CC(Oc1cccc(Br)c1)C(=O)N1CCNCC1c1nccn1C.Cl. The average Bonchev–Trinajstić information content (AvgIpc) is 3.00. The zero-order valence-corrected chi connectivity index (χ0v) is 16.6. The Morgan fingerprint density at radius 2 is 2.28 bits per heavy atom. The van der Waals surface area contributed by atoms with Gasteiger partial charge in [0.25, 0.3) is 5.91 Å². The number of ether oxygens (including phenoxy) is 1. The van der Waals surface area contributed by atoms with Crippen molar-refractivity contribution in [2.24, 2.45) is 7.05 Å². The van der Waals surface area contributed by atoms with Crippen molar-refractivity contribution < 1.29 is 9.53 Å². The molecular weight excluding hydrogens is 408 g/mol. The molecule has 1 saturated heterocycles. The summed E-state index contributed by atoms with van der Waals surface area (Å²) < 4.78 is 8.72. The Kier molecular flexibility index (Phi) is 6.87. The number of amides is 1. The van der Waals surface area contributed by atoms with Gasteiger partial charge in [0.1, 0.15) is 17.6 Å². The fraction of sp³-hybridized carbons (Fsp3) is 0.412. The number of hydrogen-bond acceptors (Lipinski definition) is 4. The first-order chi connectivity index (χ1) is 11.6. The van der Waals surface area contributed by atoms with Gasteiger partial charge in [-0.25, -0.2) is 4.98 Å². The van der Waals surface area contributed by atoms with E-state index in [0.29, 0.717) is 18.8 Å². The van der Waals surface area contributed by atoms with E-state index in [0.717, 1.165) is 16.8 Å². The van der Waals surface area contributed by atoms with Crippen LogP contribution in [0.5, 0.6) is 5.75 Å². The number of aromatic nitrogens is 2. The van der Waals surface area contributed by atoms with Crippen LogP contribution in [0.15, 0.2) is 41.1 Å². The topological polar surface area (TPSA) is 59.4 Å². The van der Waals surface area contributed by atoms with Crippen LogP contribution in [-0.2, 0) is 11.8 Å². The highest BCUT2D eigenvalue weighted by Crippen LogP contribution is 2.23. The van der Waals surface area contributed by atoms with Gasteiger partial charge in [0.05, 0.1) is 0 Å². The maximum Gasteiger partial charge on any atom is 0.264 e. The zero-order valence-electron chi connectivity index (χ0n) is 14.2. The van der Waals surface area contributed by atoms with Crippen molar-refractivity contribution in [2.45, 2.75) is 19.1 Å². The lowest BCUT2D eigenvalue weighted by Crippen LogP contribution is -2.52. The molecule has 0 bridgehead atoms. The van der Waals surface area contributed by atoms with Crippen LogP contribution < -0.4 is 10.1 Å². The van der Waals surface area contributed by atoms with Crippen molar-refractivity contribution in [1.82, 2.24) is 19.8 Å². The number of benzene rings is 1. The first-order valence-corrected chi connectivity index (χ1v) is 8.76. The van der Waals surface area contributed by atoms with Gasteiger partial charge in [-0.15, -0.1) is 12.4 Å². The lowest BCUT2D eigenvalue weighted by molar-refractivity contribution is -0.141. The second-order valence-corrected chi connectivity index (χ2v) is 6.78. The highest BCUT2D eigenvalue weighted by Gasteiger charge is 2.33. The van der Waals surface area contributed by atoms with Crippen LogP contribution in [-0.4, -0.2) is 46.1 Å². The second kappa shape index (κ2) is 8.69. The summed E-state index contributed by atoms with van der Waals surface area (Å²) in [7, 11) is 1.95. The molecule has 2 aromatic rings. The molecule has 2 atom stereocenters. The number of piperazine rings is 1. The summed E-state index contributed by atoms with van der Waals surface area (Å²) in [5.41, 5.74) is 0. The number of aryl methyl sites for hydroxylation is 1. The predicted octanol–water partition coefficient (Wildman–Crippen LogP) is 2.54. The van der Waals surface area contributed by atoms with Crippen molar-refractivity contribution in [3.63, 3.8) is 0 Å². The van der Waals surface area contributed by atoms with Gasteiger partial charge in [0.2, 0.25) is 0 Å². The lowest BCUT2D eigenvalue weighted by Gasteiger charge is -2.37. The minimum absolute atomic E-state index is 0. The van der Waals surface area contributed by atoms with E-state index in [2.05, 4.69) is 26.2 Å². The average molecular weight is 430 g/mol. The van der Waals surface area contributed by atoms with Crippen LogP contribution in [0.25, 0.3) is 0 Å². The molecule has 2 unspecified atom stereocenters. The van der Waals surface area contributed by atoms with Gasteiger partial charge in [-0.2, -0.15) is 0 Å². The maximum absolute atomic E-state index is 12.9. The van der Waals surface area contributed by atoms with Crippen LogP contribution in [0.3, 0.4) is 0 Å². The Balaban J connectivity index is 0.00000225. The van der Waals surface area contributed by atoms with Crippen LogP contribution in [0, 0.1) is 0 Å². The van der Waals surface area contributed by atoms with E-state index in [1.165, 1.54) is 0 Å². The fourth-order valence-electron chi connectivity index (χ4n) is 2.93. The molecule has 1 N–H and O–H groups in total. The summed E-state index contributed by atoms with van der Waals surface area (Å²) in [6, 6.07) is 7.44. The molecule has 0 aliphatic carbocycles. The van der Waals surface area contributed by atoms with Gasteiger partial charge in [0, 0.05) is 43.5 Å². The normalized spacial score (nSPS) is 18.4. The Bertz CT molecular complexity index is 724. The summed E-state index contributed by atoms with van der Waals surface area (Å²) in [6.45, 7) is 3.90. The summed E-state index contributed by atoms with van der Waals surface area (Å²) in [5, 5.41) is 3.34. The van der Waals surface area contributed by atoms with Crippen LogP contribution in [0.2, 0.25) is 0 Å². The molecule has 1 amide bonds. The molecule has 1 fully saturated rings. The van der Waals surface area contributed by atoms with Gasteiger partial charge in [-0.1, -0.05) is 22.0 Å². The molecule has 2 heterocycles. The molecular formula is C17H22BrClN4O2. The smallest absolute Gasteiger partial charge is 0.264 e.